The van der Waals surface area contributed by atoms with Gasteiger partial charge in [0, 0.05) is 22.3 Å². The first-order valence-electron chi connectivity index (χ1n) is 5.25. The van der Waals surface area contributed by atoms with Crippen LogP contribution in [0.15, 0.2) is 22.3 Å². The van der Waals surface area contributed by atoms with E-state index < -0.39 is 0 Å². The third-order valence-corrected chi connectivity index (χ3v) is 2.19. The second-order valence-electron chi connectivity index (χ2n) is 3.50. The number of allylic oxidation sites excluding steroid dienone is 4. The Labute approximate surface area is 99.8 Å². The summed E-state index contributed by atoms with van der Waals surface area (Å²) in [4.78, 5) is 0. The average Bonchev–Trinajstić information content (AvgIpc) is 2.25. The molecule has 0 fully saturated rings. The van der Waals surface area contributed by atoms with Crippen molar-refractivity contribution in [2.45, 2.75) is 41.5 Å². The van der Waals surface area contributed by atoms with Crippen LogP contribution < -0.4 is 0 Å². The van der Waals surface area contributed by atoms with Crippen LogP contribution in [0.2, 0.25) is 0 Å². The minimum absolute atomic E-state index is 1.02. The van der Waals surface area contributed by atoms with E-state index in [1.165, 1.54) is 0 Å². The highest BCUT2D eigenvalue weighted by Crippen LogP contribution is 2.03. The van der Waals surface area contributed by atoms with Crippen molar-refractivity contribution in [2.75, 3.05) is 0 Å². The third-order valence-electron chi connectivity index (χ3n) is 2.19. The van der Waals surface area contributed by atoms with Crippen LogP contribution in [0.25, 0.3) is 0 Å². The fourth-order valence-corrected chi connectivity index (χ4v) is 0.938. The summed E-state index contributed by atoms with van der Waals surface area (Å²) in [6, 6.07) is 0. The molecule has 0 nitrogen and oxygen atoms in total. The summed E-state index contributed by atoms with van der Waals surface area (Å²) < 4.78 is 0. The van der Waals surface area contributed by atoms with Gasteiger partial charge in [-0.15, -0.1) is 11.8 Å². The Bertz CT molecular complexity index is 445. The molecule has 16 heavy (non-hydrogen) atoms. The molecule has 0 unspecified atom stereocenters. The maximum atomic E-state index is 3.11. The van der Waals surface area contributed by atoms with Gasteiger partial charge in [0.2, 0.25) is 0 Å². The molecule has 0 saturated heterocycles. The zero-order valence-electron chi connectivity index (χ0n) is 11.0. The van der Waals surface area contributed by atoms with Gasteiger partial charge >= 0.3 is 0 Å². The van der Waals surface area contributed by atoms with Crippen LogP contribution in [0.4, 0.5) is 0 Å². The number of rotatable bonds is 0. The lowest BCUT2D eigenvalue weighted by molar-refractivity contribution is 1.41. The maximum Gasteiger partial charge on any atom is 0.0105 e. The quantitative estimate of drug-likeness (QED) is 0.535. The fourth-order valence-electron chi connectivity index (χ4n) is 0.938. The van der Waals surface area contributed by atoms with Gasteiger partial charge in [0.05, 0.1) is 0 Å². The van der Waals surface area contributed by atoms with E-state index in [2.05, 4.69) is 35.5 Å². The topological polar surface area (TPSA) is 0 Å². The zero-order chi connectivity index (χ0) is 12.6. The predicted octanol–water partition coefficient (Wildman–Crippen LogP) is 3.71. The van der Waals surface area contributed by atoms with Crippen molar-refractivity contribution < 1.29 is 0 Å². The summed E-state index contributed by atoms with van der Waals surface area (Å²) in [6.07, 6.45) is 0. The highest BCUT2D eigenvalue weighted by molar-refractivity contribution is 5.47. The highest BCUT2D eigenvalue weighted by Gasteiger charge is 1.90. The van der Waals surface area contributed by atoms with E-state index in [0.29, 0.717) is 0 Å². The van der Waals surface area contributed by atoms with E-state index in [0.717, 1.165) is 22.3 Å². The number of hydrogen-bond acceptors (Lipinski definition) is 0. The number of hydrogen-bond donors (Lipinski definition) is 0. The average molecular weight is 210 g/mol. The van der Waals surface area contributed by atoms with Crippen molar-refractivity contribution in [1.82, 2.24) is 0 Å². The minimum atomic E-state index is 1.02. The molecular formula is C16H18. The van der Waals surface area contributed by atoms with Crippen LogP contribution in [0.5, 0.6) is 0 Å². The summed E-state index contributed by atoms with van der Waals surface area (Å²) >= 11 is 0. The van der Waals surface area contributed by atoms with Gasteiger partial charge in [-0.3, -0.25) is 0 Å². The van der Waals surface area contributed by atoms with E-state index >= 15 is 0 Å². The molecule has 0 atom stereocenters. The zero-order valence-corrected chi connectivity index (χ0v) is 11.0. The molecule has 0 aromatic rings. The molecule has 0 aliphatic rings. The molecule has 0 radical (unpaired) electrons. The Morgan fingerprint density at radius 2 is 0.750 bits per heavy atom. The molecule has 0 saturated carbocycles. The molecule has 0 amide bonds. The molecule has 0 aromatic carbocycles. The Balaban J connectivity index is 5.12. The molecule has 0 heterocycles. The van der Waals surface area contributed by atoms with Crippen molar-refractivity contribution in [3.8, 4) is 35.5 Å². The van der Waals surface area contributed by atoms with Crippen molar-refractivity contribution in [3.05, 3.63) is 22.3 Å². The standard InChI is InChI=1S/C16H18/c1-7-9-13(3)15(5)11-12-16(6)14(4)10-8-2/h1-6H3/b15-13+,16-14+. The van der Waals surface area contributed by atoms with Crippen LogP contribution in [0.3, 0.4) is 0 Å². The van der Waals surface area contributed by atoms with Gasteiger partial charge in [0.25, 0.3) is 0 Å². The fraction of sp³-hybridized carbons (Fsp3) is 0.375. The molecular weight excluding hydrogens is 192 g/mol. The minimum Gasteiger partial charge on any atom is -0.102 e. The van der Waals surface area contributed by atoms with Crippen molar-refractivity contribution in [3.63, 3.8) is 0 Å². The molecule has 0 N–H and O–H groups in total. The first-order chi connectivity index (χ1) is 7.52. The first kappa shape index (κ1) is 14.2. The predicted molar refractivity (Wildman–Crippen MR) is 71.4 cm³/mol. The lowest BCUT2D eigenvalue weighted by Gasteiger charge is -1.93. The smallest absolute Gasteiger partial charge is 0.0105 e. The SMILES string of the molecule is CC#C/C(C)=C(\C)C#C/C(C)=C(\C)C#CC. The van der Waals surface area contributed by atoms with Crippen molar-refractivity contribution in [1.29, 1.82) is 0 Å². The monoisotopic (exact) mass is 210 g/mol. The Morgan fingerprint density at radius 1 is 0.500 bits per heavy atom. The van der Waals surface area contributed by atoms with E-state index in [-0.39, 0.29) is 0 Å². The second-order valence-corrected chi connectivity index (χ2v) is 3.50. The molecule has 0 spiro atoms. The van der Waals surface area contributed by atoms with Gasteiger partial charge in [-0.1, -0.05) is 23.7 Å². The third kappa shape index (κ3) is 5.14. The second kappa shape index (κ2) is 7.45. The maximum absolute atomic E-state index is 3.11. The summed E-state index contributed by atoms with van der Waals surface area (Å²) in [5.41, 5.74) is 4.10. The van der Waals surface area contributed by atoms with Gasteiger partial charge in [0.15, 0.2) is 0 Å². The molecule has 0 heteroatoms. The molecule has 0 rings (SSSR count). The highest BCUT2D eigenvalue weighted by atomic mass is 13.9. The largest absolute Gasteiger partial charge is 0.102 e. The van der Waals surface area contributed by atoms with E-state index in [4.69, 9.17) is 0 Å². The van der Waals surface area contributed by atoms with E-state index in [1.54, 1.807) is 0 Å². The Kier molecular flexibility index (Phi) is 6.59. The lowest BCUT2D eigenvalue weighted by Crippen LogP contribution is -1.80. The van der Waals surface area contributed by atoms with Crippen LogP contribution in [-0.2, 0) is 0 Å². The molecule has 0 aliphatic heterocycles. The van der Waals surface area contributed by atoms with Crippen LogP contribution in [-0.4, -0.2) is 0 Å². The van der Waals surface area contributed by atoms with E-state index in [9.17, 15) is 0 Å². The molecule has 0 aromatic heterocycles. The van der Waals surface area contributed by atoms with Gasteiger partial charge in [0.1, 0.15) is 0 Å². The van der Waals surface area contributed by atoms with Crippen LogP contribution in [0, 0.1) is 35.5 Å². The molecule has 0 bridgehead atoms. The van der Waals surface area contributed by atoms with Crippen molar-refractivity contribution >= 4 is 0 Å². The Hall–Kier alpha value is -1.84. The summed E-state index contributed by atoms with van der Waals surface area (Å²) in [5.74, 6) is 18.0. The Morgan fingerprint density at radius 3 is 1.00 bits per heavy atom. The normalized spacial score (nSPS) is 11.6. The van der Waals surface area contributed by atoms with Gasteiger partial charge in [-0.2, -0.15) is 0 Å². The van der Waals surface area contributed by atoms with E-state index in [1.807, 2.05) is 41.5 Å². The summed E-state index contributed by atoms with van der Waals surface area (Å²) in [7, 11) is 0. The van der Waals surface area contributed by atoms with Crippen LogP contribution in [0.1, 0.15) is 41.5 Å². The van der Waals surface area contributed by atoms with Gasteiger partial charge < -0.3 is 0 Å². The molecule has 0 aliphatic carbocycles. The van der Waals surface area contributed by atoms with Crippen molar-refractivity contribution in [2.24, 2.45) is 0 Å². The first-order valence-corrected chi connectivity index (χ1v) is 5.25. The molecule has 82 valence electrons. The summed E-state index contributed by atoms with van der Waals surface area (Å²) in [5, 5.41) is 0. The summed E-state index contributed by atoms with van der Waals surface area (Å²) in [6.45, 7) is 11.6. The van der Waals surface area contributed by atoms with Gasteiger partial charge in [-0.05, 0) is 41.5 Å². The lowest BCUT2D eigenvalue weighted by atomic mass is 10.1. The van der Waals surface area contributed by atoms with Crippen LogP contribution >= 0.6 is 0 Å². The van der Waals surface area contributed by atoms with Gasteiger partial charge in [-0.25, -0.2) is 0 Å².